The molecule has 0 aromatic carbocycles. The number of nitrogens with one attached hydrogen (secondary N) is 1. The maximum atomic E-state index is 11.7. The van der Waals surface area contributed by atoms with Crippen LogP contribution in [0.25, 0.3) is 0 Å². The molecule has 1 fully saturated rings. The molecule has 0 bridgehead atoms. The van der Waals surface area contributed by atoms with Gasteiger partial charge in [0, 0.05) is 13.1 Å². The fourth-order valence-corrected chi connectivity index (χ4v) is 1.72. The van der Waals surface area contributed by atoms with Crippen LogP contribution in [0.3, 0.4) is 0 Å². The lowest BCUT2D eigenvalue weighted by Crippen LogP contribution is -2.47. The van der Waals surface area contributed by atoms with Gasteiger partial charge in [-0.15, -0.1) is 0 Å². The predicted molar refractivity (Wildman–Crippen MR) is 59.6 cm³/mol. The molecule has 1 aliphatic rings. The minimum Gasteiger partial charge on any atom is -0.390 e. The molecule has 0 aromatic rings. The van der Waals surface area contributed by atoms with Crippen LogP contribution in [0.15, 0.2) is 0 Å². The Morgan fingerprint density at radius 1 is 1.47 bits per heavy atom. The Balaban J connectivity index is 2.24. The first kappa shape index (κ1) is 12.5. The zero-order chi connectivity index (χ0) is 11.3. The topological polar surface area (TPSA) is 52.6 Å². The molecule has 0 saturated carbocycles. The second-order valence-electron chi connectivity index (χ2n) is 4.55. The van der Waals surface area contributed by atoms with Crippen molar-refractivity contribution in [1.82, 2.24) is 10.2 Å². The first-order chi connectivity index (χ1) is 7.05. The normalized spacial score (nSPS) is 20.3. The van der Waals surface area contributed by atoms with E-state index in [1.54, 1.807) is 0 Å². The second kappa shape index (κ2) is 5.47. The summed E-state index contributed by atoms with van der Waals surface area (Å²) in [4.78, 5) is 13.5. The molecule has 15 heavy (non-hydrogen) atoms. The molecule has 1 rings (SSSR count). The van der Waals surface area contributed by atoms with Gasteiger partial charge in [-0.25, -0.2) is 0 Å². The van der Waals surface area contributed by atoms with Gasteiger partial charge in [-0.1, -0.05) is 6.92 Å². The number of piperidine rings is 1. The van der Waals surface area contributed by atoms with Crippen molar-refractivity contribution in [3.63, 3.8) is 0 Å². The van der Waals surface area contributed by atoms with E-state index in [0.717, 1.165) is 13.0 Å². The highest BCUT2D eigenvalue weighted by Crippen LogP contribution is 2.20. The van der Waals surface area contributed by atoms with Gasteiger partial charge in [0.05, 0.1) is 12.1 Å². The van der Waals surface area contributed by atoms with Gasteiger partial charge in [-0.2, -0.15) is 0 Å². The van der Waals surface area contributed by atoms with Crippen LogP contribution in [0, 0.1) is 0 Å². The van der Waals surface area contributed by atoms with E-state index in [9.17, 15) is 9.90 Å². The van der Waals surface area contributed by atoms with E-state index in [2.05, 4.69) is 12.2 Å². The number of aliphatic hydroxyl groups is 1. The summed E-state index contributed by atoms with van der Waals surface area (Å²) in [6.45, 7) is 6.59. The average molecular weight is 214 g/mol. The number of carbonyl (C=O) groups is 1. The van der Waals surface area contributed by atoms with Crippen molar-refractivity contribution in [2.24, 2.45) is 0 Å². The molecule has 1 saturated heterocycles. The minimum atomic E-state index is -0.576. The number of rotatable bonds is 4. The molecule has 2 N–H and O–H groups in total. The van der Waals surface area contributed by atoms with E-state index in [4.69, 9.17) is 0 Å². The largest absolute Gasteiger partial charge is 0.390 e. The highest BCUT2D eigenvalue weighted by atomic mass is 16.3. The zero-order valence-electron chi connectivity index (χ0n) is 9.75. The molecule has 0 atom stereocenters. The first-order valence-electron chi connectivity index (χ1n) is 5.76. The van der Waals surface area contributed by atoms with E-state index in [1.165, 1.54) is 0 Å². The summed E-state index contributed by atoms with van der Waals surface area (Å²) in [5.74, 6) is 0.152. The number of carbonyl (C=O) groups excluding carboxylic acids is 1. The van der Waals surface area contributed by atoms with Crippen LogP contribution in [0.2, 0.25) is 0 Å². The van der Waals surface area contributed by atoms with Gasteiger partial charge in [-0.3, -0.25) is 4.79 Å². The Bertz CT molecular complexity index is 207. The molecule has 88 valence electrons. The summed E-state index contributed by atoms with van der Waals surface area (Å²) >= 11 is 0. The van der Waals surface area contributed by atoms with Gasteiger partial charge < -0.3 is 15.3 Å². The lowest BCUT2D eigenvalue weighted by Gasteiger charge is -2.35. The number of nitrogens with zero attached hydrogens (tertiary/aromatic N) is 1. The van der Waals surface area contributed by atoms with Gasteiger partial charge in [0.15, 0.2) is 0 Å². The lowest BCUT2D eigenvalue weighted by atomic mass is 9.94. The maximum Gasteiger partial charge on any atom is 0.236 e. The Kier molecular flexibility index (Phi) is 4.54. The summed E-state index contributed by atoms with van der Waals surface area (Å²) < 4.78 is 0. The Hall–Kier alpha value is -0.610. The number of hydrogen-bond acceptors (Lipinski definition) is 3. The molecule has 1 aliphatic heterocycles. The summed E-state index contributed by atoms with van der Waals surface area (Å²) in [6, 6.07) is 0. The molecule has 0 aliphatic carbocycles. The van der Waals surface area contributed by atoms with Gasteiger partial charge in [-0.05, 0) is 32.7 Å². The van der Waals surface area contributed by atoms with Crippen molar-refractivity contribution >= 4 is 5.91 Å². The smallest absolute Gasteiger partial charge is 0.236 e. The monoisotopic (exact) mass is 214 g/mol. The standard InChI is InChI=1S/C11H22N2O2/c1-3-6-12-9-10(14)13-7-4-11(2,15)5-8-13/h12,15H,3-9H2,1-2H3. The Morgan fingerprint density at radius 2 is 2.07 bits per heavy atom. The van der Waals surface area contributed by atoms with Crippen LogP contribution in [0.5, 0.6) is 0 Å². The van der Waals surface area contributed by atoms with Crippen LogP contribution in [-0.4, -0.2) is 47.7 Å². The molecule has 1 amide bonds. The molecule has 4 heteroatoms. The van der Waals surface area contributed by atoms with E-state index in [1.807, 2.05) is 11.8 Å². The van der Waals surface area contributed by atoms with E-state index >= 15 is 0 Å². The number of hydrogen-bond donors (Lipinski definition) is 2. The highest BCUT2D eigenvalue weighted by molar-refractivity contribution is 5.78. The molecule has 0 radical (unpaired) electrons. The maximum absolute atomic E-state index is 11.7. The highest BCUT2D eigenvalue weighted by Gasteiger charge is 2.29. The van der Waals surface area contributed by atoms with E-state index in [0.29, 0.717) is 32.5 Å². The third kappa shape index (κ3) is 4.18. The van der Waals surface area contributed by atoms with Crippen molar-refractivity contribution in [3.05, 3.63) is 0 Å². The minimum absolute atomic E-state index is 0.152. The number of likely N-dealkylation sites (tertiary alicyclic amines) is 1. The van der Waals surface area contributed by atoms with E-state index < -0.39 is 5.60 Å². The summed E-state index contributed by atoms with van der Waals surface area (Å²) in [6.07, 6.45) is 2.42. The van der Waals surface area contributed by atoms with Crippen LogP contribution in [0.4, 0.5) is 0 Å². The van der Waals surface area contributed by atoms with Crippen LogP contribution in [0.1, 0.15) is 33.1 Å². The fraction of sp³-hybridized carbons (Fsp3) is 0.909. The zero-order valence-corrected chi connectivity index (χ0v) is 9.75. The SMILES string of the molecule is CCCNCC(=O)N1CCC(C)(O)CC1. The third-order valence-electron chi connectivity index (χ3n) is 2.90. The van der Waals surface area contributed by atoms with Crippen molar-refractivity contribution in [2.75, 3.05) is 26.2 Å². The Labute approximate surface area is 91.6 Å². The number of amides is 1. The molecule has 0 spiro atoms. The fourth-order valence-electron chi connectivity index (χ4n) is 1.72. The quantitative estimate of drug-likeness (QED) is 0.664. The Morgan fingerprint density at radius 3 is 2.60 bits per heavy atom. The van der Waals surface area contributed by atoms with Crippen molar-refractivity contribution in [3.8, 4) is 0 Å². The molecule has 0 aromatic heterocycles. The van der Waals surface area contributed by atoms with Crippen molar-refractivity contribution in [1.29, 1.82) is 0 Å². The van der Waals surface area contributed by atoms with Gasteiger partial charge in [0.2, 0.25) is 5.91 Å². The van der Waals surface area contributed by atoms with Crippen LogP contribution < -0.4 is 5.32 Å². The first-order valence-corrected chi connectivity index (χ1v) is 5.76. The van der Waals surface area contributed by atoms with E-state index in [-0.39, 0.29) is 5.91 Å². The van der Waals surface area contributed by atoms with Crippen LogP contribution in [-0.2, 0) is 4.79 Å². The second-order valence-corrected chi connectivity index (χ2v) is 4.55. The lowest BCUT2D eigenvalue weighted by molar-refractivity contribution is -0.133. The van der Waals surface area contributed by atoms with Gasteiger partial charge in [0.25, 0.3) is 0 Å². The van der Waals surface area contributed by atoms with Crippen molar-refractivity contribution < 1.29 is 9.90 Å². The summed E-state index contributed by atoms with van der Waals surface area (Å²) in [5, 5.41) is 12.8. The van der Waals surface area contributed by atoms with Crippen molar-refractivity contribution in [2.45, 2.75) is 38.7 Å². The average Bonchev–Trinajstić information content (AvgIpc) is 2.18. The molecule has 1 heterocycles. The molecular formula is C11H22N2O2. The third-order valence-corrected chi connectivity index (χ3v) is 2.90. The molecular weight excluding hydrogens is 192 g/mol. The predicted octanol–water partition coefficient (Wildman–Crippen LogP) is 0.359. The summed E-state index contributed by atoms with van der Waals surface area (Å²) in [5.41, 5.74) is -0.576. The molecule has 4 nitrogen and oxygen atoms in total. The summed E-state index contributed by atoms with van der Waals surface area (Å²) in [7, 11) is 0. The van der Waals surface area contributed by atoms with Crippen LogP contribution >= 0.6 is 0 Å². The van der Waals surface area contributed by atoms with Gasteiger partial charge >= 0.3 is 0 Å². The molecule has 0 unspecified atom stereocenters. The van der Waals surface area contributed by atoms with Gasteiger partial charge in [0.1, 0.15) is 0 Å².